The molecule has 2 aromatic rings. The number of carbonyl (C=O) groups is 1. The number of amides is 1. The predicted molar refractivity (Wildman–Crippen MR) is 95.6 cm³/mol. The summed E-state index contributed by atoms with van der Waals surface area (Å²) in [4.78, 5) is 13.8. The Balaban J connectivity index is 1.65. The summed E-state index contributed by atoms with van der Waals surface area (Å²) in [5, 5.41) is 3.02. The Hall–Kier alpha value is -1.59. The van der Waals surface area contributed by atoms with Gasteiger partial charge in [-0.1, -0.05) is 22.0 Å². The molecule has 23 heavy (non-hydrogen) atoms. The molecule has 1 amide bonds. The van der Waals surface area contributed by atoms with Crippen LogP contribution in [0.5, 0.6) is 0 Å². The predicted octanol–water partition coefficient (Wildman–Crippen LogP) is 2.45. The van der Waals surface area contributed by atoms with Crippen molar-refractivity contribution in [3.63, 3.8) is 0 Å². The van der Waals surface area contributed by atoms with E-state index in [1.165, 1.54) is 17.0 Å². The monoisotopic (exact) mass is 376 g/mol. The maximum absolute atomic E-state index is 12.4. The minimum absolute atomic E-state index is 0.0804. The van der Waals surface area contributed by atoms with Gasteiger partial charge in [-0.3, -0.25) is 4.79 Å². The zero-order valence-corrected chi connectivity index (χ0v) is 15.2. The Morgan fingerprint density at radius 3 is 2.96 bits per heavy atom. The fraction of sp³-hybridized carbons (Fsp3) is 0.389. The molecule has 2 N–H and O–H groups in total. The number of aryl methyl sites for hydroxylation is 2. The fourth-order valence-corrected chi connectivity index (χ4v) is 3.78. The van der Waals surface area contributed by atoms with E-state index in [-0.39, 0.29) is 5.91 Å². The minimum Gasteiger partial charge on any atom is -0.350 e. The second-order valence-electron chi connectivity index (χ2n) is 6.34. The van der Waals surface area contributed by atoms with Crippen LogP contribution in [0.4, 0.5) is 5.69 Å². The maximum atomic E-state index is 12.4. The van der Waals surface area contributed by atoms with E-state index in [2.05, 4.69) is 51.2 Å². The molecule has 122 valence electrons. The van der Waals surface area contributed by atoms with Crippen molar-refractivity contribution in [2.75, 3.05) is 18.4 Å². The molecule has 1 fully saturated rings. The van der Waals surface area contributed by atoms with E-state index >= 15 is 0 Å². The van der Waals surface area contributed by atoms with E-state index < -0.39 is 0 Å². The Bertz CT molecular complexity index is 710. The lowest BCUT2D eigenvalue weighted by Crippen LogP contribution is -3.11. The summed E-state index contributed by atoms with van der Waals surface area (Å²) >= 11 is 3.51. The molecular formula is C18H23BrN3O+. The van der Waals surface area contributed by atoms with E-state index in [4.69, 9.17) is 0 Å². The minimum atomic E-state index is 0.0804. The highest BCUT2D eigenvalue weighted by atomic mass is 79.9. The number of nitrogens with zero attached hydrogens (tertiary/aromatic N) is 1. The van der Waals surface area contributed by atoms with Gasteiger partial charge in [-0.05, 0) is 36.8 Å². The number of likely N-dealkylation sites (tertiary alicyclic amines) is 1. The first-order chi connectivity index (χ1) is 11.0. The number of nitrogens with one attached hydrogen (secondary N) is 2. The molecule has 1 aliphatic heterocycles. The lowest BCUT2D eigenvalue weighted by molar-refractivity contribution is -0.910. The van der Waals surface area contributed by atoms with Crippen molar-refractivity contribution in [2.24, 2.45) is 7.05 Å². The Morgan fingerprint density at radius 1 is 1.43 bits per heavy atom. The highest BCUT2D eigenvalue weighted by molar-refractivity contribution is 9.10. The molecule has 0 saturated carbocycles. The van der Waals surface area contributed by atoms with Crippen LogP contribution in [0.3, 0.4) is 0 Å². The molecule has 2 heterocycles. The summed E-state index contributed by atoms with van der Waals surface area (Å²) in [5.74, 6) is 0.0804. The van der Waals surface area contributed by atoms with Gasteiger partial charge in [-0.15, -0.1) is 0 Å². The van der Waals surface area contributed by atoms with Crippen LogP contribution in [0.25, 0.3) is 0 Å². The average molecular weight is 377 g/mol. The zero-order chi connectivity index (χ0) is 16.4. The number of hydrogen-bond acceptors (Lipinski definition) is 1. The lowest BCUT2D eigenvalue weighted by atomic mass is 10.1. The number of rotatable bonds is 4. The summed E-state index contributed by atoms with van der Waals surface area (Å²) in [7, 11) is 2.08. The smallest absolute Gasteiger partial charge is 0.279 e. The third kappa shape index (κ3) is 3.67. The summed E-state index contributed by atoms with van der Waals surface area (Å²) in [6, 6.07) is 10.6. The van der Waals surface area contributed by atoms with E-state index in [0.29, 0.717) is 12.6 Å². The summed E-state index contributed by atoms with van der Waals surface area (Å²) in [6.45, 7) is 3.61. The largest absolute Gasteiger partial charge is 0.350 e. The summed E-state index contributed by atoms with van der Waals surface area (Å²) in [5.41, 5.74) is 3.34. The Kier molecular flexibility index (Phi) is 4.87. The van der Waals surface area contributed by atoms with Gasteiger partial charge in [0.1, 0.15) is 6.04 Å². The standard InChI is InChI=1S/C18H22BrN3O/c1-13-7-8-14(11-15(13)19)20-18(23)12-22-10-4-6-17(22)16-5-3-9-21(16)2/h3,5,7-9,11,17H,4,6,10,12H2,1-2H3,(H,20,23)/p+1/t17-/m0/s1. The van der Waals surface area contributed by atoms with Gasteiger partial charge in [0.05, 0.1) is 12.2 Å². The molecule has 1 saturated heterocycles. The molecule has 0 spiro atoms. The van der Waals surface area contributed by atoms with Gasteiger partial charge in [0, 0.05) is 36.2 Å². The van der Waals surface area contributed by atoms with Gasteiger partial charge >= 0.3 is 0 Å². The van der Waals surface area contributed by atoms with Crippen LogP contribution in [0.15, 0.2) is 41.0 Å². The molecule has 1 aromatic heterocycles. The van der Waals surface area contributed by atoms with Crippen LogP contribution >= 0.6 is 15.9 Å². The van der Waals surface area contributed by atoms with Gasteiger partial charge in [-0.2, -0.15) is 0 Å². The summed E-state index contributed by atoms with van der Waals surface area (Å²) in [6.07, 6.45) is 4.40. The SMILES string of the molecule is Cc1ccc(NC(=O)C[NH+]2CCC[C@H]2c2cccn2C)cc1Br. The molecule has 0 radical (unpaired) electrons. The van der Waals surface area contributed by atoms with Crippen molar-refractivity contribution >= 4 is 27.5 Å². The number of quaternary nitrogens is 1. The molecule has 0 aliphatic carbocycles. The molecule has 3 rings (SSSR count). The Labute approximate surface area is 145 Å². The van der Waals surface area contributed by atoms with Crippen molar-refractivity contribution in [1.82, 2.24) is 4.57 Å². The summed E-state index contributed by atoms with van der Waals surface area (Å²) < 4.78 is 3.19. The van der Waals surface area contributed by atoms with E-state index in [0.717, 1.165) is 28.7 Å². The second kappa shape index (κ2) is 6.89. The number of hydrogen-bond donors (Lipinski definition) is 2. The lowest BCUT2D eigenvalue weighted by Gasteiger charge is -2.21. The normalized spacial score (nSPS) is 20.7. The van der Waals surface area contributed by atoms with Crippen molar-refractivity contribution in [3.8, 4) is 0 Å². The van der Waals surface area contributed by atoms with Gasteiger partial charge in [0.25, 0.3) is 5.91 Å². The van der Waals surface area contributed by atoms with Crippen molar-refractivity contribution in [2.45, 2.75) is 25.8 Å². The third-order valence-corrected chi connectivity index (χ3v) is 5.52. The first-order valence-electron chi connectivity index (χ1n) is 8.06. The quantitative estimate of drug-likeness (QED) is 0.844. The molecule has 5 heteroatoms. The highest BCUT2D eigenvalue weighted by Gasteiger charge is 2.32. The molecule has 4 nitrogen and oxygen atoms in total. The number of benzene rings is 1. The number of halogens is 1. The van der Waals surface area contributed by atoms with Crippen molar-refractivity contribution in [1.29, 1.82) is 0 Å². The zero-order valence-electron chi connectivity index (χ0n) is 13.6. The second-order valence-corrected chi connectivity index (χ2v) is 7.19. The topological polar surface area (TPSA) is 38.5 Å². The number of carbonyl (C=O) groups excluding carboxylic acids is 1. The third-order valence-electron chi connectivity index (χ3n) is 4.67. The molecule has 1 unspecified atom stereocenters. The van der Waals surface area contributed by atoms with Gasteiger partial charge in [0.2, 0.25) is 0 Å². The molecular weight excluding hydrogens is 354 g/mol. The van der Waals surface area contributed by atoms with E-state index in [1.54, 1.807) is 0 Å². The van der Waals surface area contributed by atoms with Crippen LogP contribution in [-0.2, 0) is 11.8 Å². The molecule has 2 atom stereocenters. The fourth-order valence-electron chi connectivity index (χ4n) is 3.40. The highest BCUT2D eigenvalue weighted by Crippen LogP contribution is 2.21. The molecule has 1 aromatic carbocycles. The number of aromatic nitrogens is 1. The number of anilines is 1. The van der Waals surface area contributed by atoms with Crippen LogP contribution in [-0.4, -0.2) is 23.6 Å². The van der Waals surface area contributed by atoms with Gasteiger partial charge < -0.3 is 14.8 Å². The first-order valence-corrected chi connectivity index (χ1v) is 8.85. The van der Waals surface area contributed by atoms with E-state index in [1.807, 2.05) is 25.1 Å². The van der Waals surface area contributed by atoms with Gasteiger partial charge in [0.15, 0.2) is 6.54 Å². The molecule has 1 aliphatic rings. The van der Waals surface area contributed by atoms with Crippen LogP contribution in [0, 0.1) is 6.92 Å². The van der Waals surface area contributed by atoms with E-state index in [9.17, 15) is 4.79 Å². The van der Waals surface area contributed by atoms with Crippen molar-refractivity contribution < 1.29 is 9.69 Å². The van der Waals surface area contributed by atoms with Gasteiger partial charge in [-0.25, -0.2) is 0 Å². The maximum Gasteiger partial charge on any atom is 0.279 e. The molecule has 0 bridgehead atoms. The van der Waals surface area contributed by atoms with Crippen LogP contribution in [0.1, 0.15) is 30.1 Å². The Morgan fingerprint density at radius 2 is 2.26 bits per heavy atom. The average Bonchev–Trinajstić information content (AvgIpc) is 3.11. The first kappa shape index (κ1) is 16.3. The van der Waals surface area contributed by atoms with Crippen LogP contribution < -0.4 is 10.2 Å². The van der Waals surface area contributed by atoms with Crippen molar-refractivity contribution in [3.05, 3.63) is 52.3 Å². The van der Waals surface area contributed by atoms with Crippen LogP contribution in [0.2, 0.25) is 0 Å².